The van der Waals surface area contributed by atoms with Gasteiger partial charge in [0, 0.05) is 17.5 Å². The molecule has 0 radical (unpaired) electrons. The molecule has 1 aromatic carbocycles. The molecule has 2 aromatic heterocycles. The number of carbonyl (C=O) groups is 1. The van der Waals surface area contributed by atoms with Crippen LogP contribution in [-0.2, 0) is 11.3 Å². The Hall–Kier alpha value is -2.32. The van der Waals surface area contributed by atoms with E-state index in [2.05, 4.69) is 33.7 Å². The standard InChI is InChI=1S/C20H24N4O2S2/c1-13(2)10-24-17(15-5-7-16(26-4)8-6-15)9-21-20(24)28-12-18(25)23-19-22-14(3)11-27-19/h5-9,11,13H,10,12H2,1-4H3,(H,22,23,25). The maximum Gasteiger partial charge on any atom is 0.236 e. The van der Waals surface area contributed by atoms with E-state index in [9.17, 15) is 4.79 Å². The number of amides is 1. The number of thioether (sulfide) groups is 1. The molecule has 148 valence electrons. The zero-order chi connectivity index (χ0) is 20.1. The van der Waals surface area contributed by atoms with E-state index in [1.54, 1.807) is 7.11 Å². The van der Waals surface area contributed by atoms with Gasteiger partial charge in [-0.25, -0.2) is 9.97 Å². The van der Waals surface area contributed by atoms with E-state index in [1.807, 2.05) is 42.8 Å². The van der Waals surface area contributed by atoms with Gasteiger partial charge in [0.25, 0.3) is 0 Å². The highest BCUT2D eigenvalue weighted by molar-refractivity contribution is 7.99. The number of hydrogen-bond donors (Lipinski definition) is 1. The summed E-state index contributed by atoms with van der Waals surface area (Å²) < 4.78 is 7.42. The molecule has 0 aliphatic carbocycles. The van der Waals surface area contributed by atoms with E-state index >= 15 is 0 Å². The third kappa shape index (κ3) is 5.14. The SMILES string of the molecule is COc1ccc(-c2cnc(SCC(=O)Nc3nc(C)cs3)n2CC(C)C)cc1. The molecule has 1 amide bonds. The summed E-state index contributed by atoms with van der Waals surface area (Å²) >= 11 is 2.87. The first-order valence-electron chi connectivity index (χ1n) is 9.01. The second kappa shape index (κ2) is 9.25. The van der Waals surface area contributed by atoms with Crippen LogP contribution in [-0.4, -0.2) is 33.3 Å². The van der Waals surface area contributed by atoms with Crippen molar-refractivity contribution in [3.63, 3.8) is 0 Å². The first-order valence-corrected chi connectivity index (χ1v) is 10.9. The fourth-order valence-corrected chi connectivity index (χ4v) is 4.20. The number of imidazole rings is 1. The van der Waals surface area contributed by atoms with Crippen LogP contribution in [0.4, 0.5) is 5.13 Å². The van der Waals surface area contributed by atoms with E-state index in [1.165, 1.54) is 23.1 Å². The summed E-state index contributed by atoms with van der Waals surface area (Å²) in [5.74, 6) is 1.49. The molecule has 0 saturated heterocycles. The van der Waals surface area contributed by atoms with Crippen LogP contribution >= 0.6 is 23.1 Å². The first kappa shape index (κ1) is 20.4. The van der Waals surface area contributed by atoms with Crippen molar-refractivity contribution in [3.8, 4) is 17.0 Å². The van der Waals surface area contributed by atoms with Crippen molar-refractivity contribution in [2.24, 2.45) is 5.92 Å². The normalized spacial score (nSPS) is 11.0. The molecule has 3 aromatic rings. The minimum absolute atomic E-state index is 0.0792. The van der Waals surface area contributed by atoms with Gasteiger partial charge in [-0.3, -0.25) is 4.79 Å². The highest BCUT2D eigenvalue weighted by atomic mass is 32.2. The molecular weight excluding hydrogens is 392 g/mol. The van der Waals surface area contributed by atoms with Crippen LogP contribution in [0.2, 0.25) is 0 Å². The summed E-state index contributed by atoms with van der Waals surface area (Å²) in [6.45, 7) is 7.08. The Morgan fingerprint density at radius 1 is 1.32 bits per heavy atom. The number of nitrogens with zero attached hydrogens (tertiary/aromatic N) is 3. The topological polar surface area (TPSA) is 69.0 Å². The molecular formula is C20H24N4O2S2. The second-order valence-corrected chi connectivity index (χ2v) is 8.59. The predicted molar refractivity (Wildman–Crippen MR) is 115 cm³/mol. The Balaban J connectivity index is 1.74. The minimum Gasteiger partial charge on any atom is -0.497 e. The van der Waals surface area contributed by atoms with E-state index in [0.29, 0.717) is 11.0 Å². The van der Waals surface area contributed by atoms with Gasteiger partial charge in [0.2, 0.25) is 5.91 Å². The van der Waals surface area contributed by atoms with E-state index in [-0.39, 0.29) is 11.7 Å². The average Bonchev–Trinajstić information content (AvgIpc) is 3.25. The molecule has 1 N–H and O–H groups in total. The summed E-state index contributed by atoms with van der Waals surface area (Å²) in [6, 6.07) is 7.94. The summed E-state index contributed by atoms with van der Waals surface area (Å²) in [7, 11) is 1.66. The minimum atomic E-state index is -0.0792. The highest BCUT2D eigenvalue weighted by Crippen LogP contribution is 2.28. The zero-order valence-electron chi connectivity index (χ0n) is 16.4. The third-order valence-corrected chi connectivity index (χ3v) is 5.82. The van der Waals surface area contributed by atoms with Gasteiger partial charge in [-0.05, 0) is 37.1 Å². The van der Waals surface area contributed by atoms with Gasteiger partial charge in [-0.1, -0.05) is 25.6 Å². The van der Waals surface area contributed by atoms with Crippen LogP contribution in [0.25, 0.3) is 11.3 Å². The lowest BCUT2D eigenvalue weighted by Crippen LogP contribution is -2.15. The molecule has 28 heavy (non-hydrogen) atoms. The molecule has 0 atom stereocenters. The van der Waals surface area contributed by atoms with Gasteiger partial charge in [0.05, 0.1) is 30.4 Å². The van der Waals surface area contributed by atoms with Gasteiger partial charge in [-0.15, -0.1) is 11.3 Å². The number of rotatable bonds is 8. The molecule has 3 rings (SSSR count). The van der Waals surface area contributed by atoms with Crippen molar-refractivity contribution < 1.29 is 9.53 Å². The Morgan fingerprint density at radius 2 is 2.07 bits per heavy atom. The largest absolute Gasteiger partial charge is 0.497 e. The predicted octanol–water partition coefficient (Wildman–Crippen LogP) is 4.71. The smallest absolute Gasteiger partial charge is 0.236 e. The number of benzene rings is 1. The number of aryl methyl sites for hydroxylation is 1. The second-order valence-electron chi connectivity index (χ2n) is 6.79. The lowest BCUT2D eigenvalue weighted by atomic mass is 10.1. The zero-order valence-corrected chi connectivity index (χ0v) is 18.1. The molecule has 0 unspecified atom stereocenters. The molecule has 0 aliphatic rings. The van der Waals surface area contributed by atoms with Crippen LogP contribution in [0.1, 0.15) is 19.5 Å². The summed E-state index contributed by atoms with van der Waals surface area (Å²) in [6.07, 6.45) is 1.87. The molecule has 6 nitrogen and oxygen atoms in total. The number of hydrogen-bond acceptors (Lipinski definition) is 6. The van der Waals surface area contributed by atoms with Crippen LogP contribution in [0.3, 0.4) is 0 Å². The third-order valence-electron chi connectivity index (χ3n) is 3.95. The van der Waals surface area contributed by atoms with Gasteiger partial charge >= 0.3 is 0 Å². The summed E-state index contributed by atoms with van der Waals surface area (Å²) in [5.41, 5.74) is 3.02. The average molecular weight is 417 g/mol. The number of thiazole rings is 1. The molecule has 0 fully saturated rings. The molecule has 0 spiro atoms. The van der Waals surface area contributed by atoms with Crippen molar-refractivity contribution in [2.75, 3.05) is 18.2 Å². The fraction of sp³-hybridized carbons (Fsp3) is 0.350. The fourth-order valence-electron chi connectivity index (χ4n) is 2.70. The van der Waals surface area contributed by atoms with Crippen LogP contribution in [0.15, 0.2) is 41.0 Å². The molecule has 0 aliphatic heterocycles. The lowest BCUT2D eigenvalue weighted by molar-refractivity contribution is -0.113. The molecule has 0 saturated carbocycles. The summed E-state index contributed by atoms with van der Waals surface area (Å²) in [4.78, 5) is 21.1. The maximum absolute atomic E-state index is 12.3. The quantitative estimate of drug-likeness (QED) is 0.539. The summed E-state index contributed by atoms with van der Waals surface area (Å²) in [5, 5.41) is 6.23. The Labute approximate surface area is 173 Å². The van der Waals surface area contributed by atoms with Gasteiger partial charge in [-0.2, -0.15) is 0 Å². The Bertz CT molecular complexity index is 932. The van der Waals surface area contributed by atoms with Crippen LogP contribution in [0, 0.1) is 12.8 Å². The number of ether oxygens (including phenoxy) is 1. The highest BCUT2D eigenvalue weighted by Gasteiger charge is 2.15. The van der Waals surface area contributed by atoms with Crippen molar-refractivity contribution in [1.29, 1.82) is 0 Å². The Kier molecular flexibility index (Phi) is 6.74. The lowest BCUT2D eigenvalue weighted by Gasteiger charge is -2.14. The number of methoxy groups -OCH3 is 1. The van der Waals surface area contributed by atoms with Gasteiger partial charge in [0.15, 0.2) is 10.3 Å². The molecule has 8 heteroatoms. The number of anilines is 1. The van der Waals surface area contributed by atoms with Crippen molar-refractivity contribution in [3.05, 3.63) is 41.5 Å². The monoisotopic (exact) mass is 416 g/mol. The first-order chi connectivity index (χ1) is 13.5. The van der Waals surface area contributed by atoms with Gasteiger partial charge in [0.1, 0.15) is 5.75 Å². The number of nitrogens with one attached hydrogen (secondary N) is 1. The van der Waals surface area contributed by atoms with Crippen molar-refractivity contribution in [1.82, 2.24) is 14.5 Å². The molecule has 2 heterocycles. The van der Waals surface area contributed by atoms with Crippen molar-refractivity contribution >= 4 is 34.1 Å². The number of carbonyl (C=O) groups excluding carboxylic acids is 1. The van der Waals surface area contributed by atoms with E-state index in [0.717, 1.165) is 34.4 Å². The Morgan fingerprint density at radius 3 is 2.68 bits per heavy atom. The van der Waals surface area contributed by atoms with Crippen molar-refractivity contribution in [2.45, 2.75) is 32.5 Å². The van der Waals surface area contributed by atoms with Crippen LogP contribution in [0.5, 0.6) is 5.75 Å². The van der Waals surface area contributed by atoms with Crippen LogP contribution < -0.4 is 10.1 Å². The maximum atomic E-state index is 12.3. The van der Waals surface area contributed by atoms with Gasteiger partial charge < -0.3 is 14.6 Å². The number of aromatic nitrogens is 3. The molecule has 0 bridgehead atoms. The van der Waals surface area contributed by atoms with E-state index < -0.39 is 0 Å². The van der Waals surface area contributed by atoms with E-state index in [4.69, 9.17) is 4.74 Å².